The highest BCUT2D eigenvalue weighted by molar-refractivity contribution is 5.89. The van der Waals surface area contributed by atoms with E-state index in [1.54, 1.807) is 0 Å². The Bertz CT molecular complexity index is 830. The molecule has 6 nitrogen and oxygen atoms in total. The van der Waals surface area contributed by atoms with Gasteiger partial charge in [0.25, 0.3) is 0 Å². The van der Waals surface area contributed by atoms with Gasteiger partial charge in [-0.2, -0.15) is 0 Å². The third-order valence-corrected chi connectivity index (χ3v) is 6.38. The zero-order chi connectivity index (χ0) is 18.9. The number of primary amides is 1. The Balaban J connectivity index is 1.43. The highest BCUT2D eigenvalue weighted by atomic mass is 16.2. The highest BCUT2D eigenvalue weighted by Gasteiger charge is 2.45. The standard InChI is InChI=1S/C21H28N4O2/c22-20(27)21(25-10-4-1-5-11-25)8-12-24(13-9-21)19(26)14-16-15-23-18-7-3-2-6-17(16)18/h2-3,6-7,15,23H,1,4-5,8-14H2,(H2,22,27). The van der Waals surface area contributed by atoms with E-state index in [1.807, 2.05) is 35.4 Å². The van der Waals surface area contributed by atoms with Crippen LogP contribution in [0.1, 0.15) is 37.7 Å². The SMILES string of the molecule is NC(=O)C1(N2CCCCC2)CCN(C(=O)Cc2c[nH]c3ccccc23)CC1. The number of nitrogens with zero attached hydrogens (tertiary/aromatic N) is 2. The molecule has 0 aliphatic carbocycles. The molecule has 0 spiro atoms. The molecule has 3 heterocycles. The van der Waals surface area contributed by atoms with E-state index in [-0.39, 0.29) is 11.8 Å². The lowest BCUT2D eigenvalue weighted by Crippen LogP contribution is -2.63. The molecule has 0 bridgehead atoms. The topological polar surface area (TPSA) is 82.4 Å². The van der Waals surface area contributed by atoms with E-state index in [2.05, 4.69) is 9.88 Å². The van der Waals surface area contributed by atoms with Crippen molar-refractivity contribution in [3.63, 3.8) is 0 Å². The minimum absolute atomic E-state index is 0.122. The second-order valence-electron chi connectivity index (χ2n) is 7.86. The van der Waals surface area contributed by atoms with Crippen LogP contribution in [0.15, 0.2) is 30.5 Å². The molecular formula is C21H28N4O2. The van der Waals surface area contributed by atoms with Gasteiger partial charge < -0.3 is 15.6 Å². The average molecular weight is 368 g/mol. The van der Waals surface area contributed by atoms with E-state index in [0.29, 0.717) is 32.4 Å². The smallest absolute Gasteiger partial charge is 0.238 e. The number of hydrogen-bond acceptors (Lipinski definition) is 3. The van der Waals surface area contributed by atoms with Gasteiger partial charge in [0.1, 0.15) is 5.54 Å². The minimum Gasteiger partial charge on any atom is -0.368 e. The monoisotopic (exact) mass is 368 g/mol. The van der Waals surface area contributed by atoms with Crippen molar-refractivity contribution in [3.8, 4) is 0 Å². The summed E-state index contributed by atoms with van der Waals surface area (Å²) in [5, 5.41) is 1.10. The molecule has 0 unspecified atom stereocenters. The van der Waals surface area contributed by atoms with Gasteiger partial charge in [0.2, 0.25) is 11.8 Å². The molecule has 27 heavy (non-hydrogen) atoms. The number of rotatable bonds is 4. The predicted octanol–water partition coefficient (Wildman–Crippen LogP) is 2.04. The molecule has 3 N–H and O–H groups in total. The van der Waals surface area contributed by atoms with Gasteiger partial charge in [0.05, 0.1) is 6.42 Å². The Kier molecular flexibility index (Phi) is 4.91. The lowest BCUT2D eigenvalue weighted by molar-refractivity contribution is -0.141. The summed E-state index contributed by atoms with van der Waals surface area (Å²) in [4.78, 5) is 32.6. The van der Waals surface area contributed by atoms with Crippen LogP contribution in [-0.4, -0.2) is 58.3 Å². The molecule has 6 heteroatoms. The quantitative estimate of drug-likeness (QED) is 0.866. The van der Waals surface area contributed by atoms with Crippen LogP contribution in [0, 0.1) is 0 Å². The van der Waals surface area contributed by atoms with Gasteiger partial charge >= 0.3 is 0 Å². The summed E-state index contributed by atoms with van der Waals surface area (Å²) >= 11 is 0. The Morgan fingerprint density at radius 3 is 2.44 bits per heavy atom. The van der Waals surface area contributed by atoms with Gasteiger partial charge in [-0.15, -0.1) is 0 Å². The summed E-state index contributed by atoms with van der Waals surface area (Å²) in [6.45, 7) is 3.07. The molecule has 144 valence electrons. The molecule has 0 atom stereocenters. The van der Waals surface area contributed by atoms with E-state index < -0.39 is 5.54 Å². The fourth-order valence-electron chi connectivity index (χ4n) is 4.72. The number of amides is 2. The number of piperidine rings is 2. The van der Waals surface area contributed by atoms with Gasteiger partial charge in [-0.1, -0.05) is 24.6 Å². The minimum atomic E-state index is -0.571. The summed E-state index contributed by atoms with van der Waals surface area (Å²) in [7, 11) is 0. The summed E-state index contributed by atoms with van der Waals surface area (Å²) in [6, 6.07) is 8.03. The van der Waals surface area contributed by atoms with Crippen molar-refractivity contribution < 1.29 is 9.59 Å². The van der Waals surface area contributed by atoms with Crippen LogP contribution in [0.2, 0.25) is 0 Å². The third-order valence-electron chi connectivity index (χ3n) is 6.38. The maximum absolute atomic E-state index is 12.8. The fourth-order valence-corrected chi connectivity index (χ4v) is 4.72. The van der Waals surface area contributed by atoms with Gasteiger partial charge in [0, 0.05) is 30.2 Å². The fraction of sp³-hybridized carbons (Fsp3) is 0.524. The summed E-state index contributed by atoms with van der Waals surface area (Å²) in [5.74, 6) is -0.107. The third kappa shape index (κ3) is 3.34. The molecule has 2 saturated heterocycles. The number of nitrogens with two attached hydrogens (primary N) is 1. The maximum Gasteiger partial charge on any atom is 0.238 e. The number of nitrogens with one attached hydrogen (secondary N) is 1. The van der Waals surface area contributed by atoms with Crippen LogP contribution in [0.25, 0.3) is 10.9 Å². The van der Waals surface area contributed by atoms with Gasteiger partial charge in [-0.3, -0.25) is 14.5 Å². The molecule has 0 radical (unpaired) electrons. The van der Waals surface area contributed by atoms with Crippen molar-refractivity contribution >= 4 is 22.7 Å². The number of hydrogen-bond donors (Lipinski definition) is 2. The zero-order valence-electron chi connectivity index (χ0n) is 15.7. The van der Waals surface area contributed by atoms with Crippen molar-refractivity contribution in [3.05, 3.63) is 36.0 Å². The number of H-pyrrole nitrogens is 1. The first kappa shape index (κ1) is 18.0. The molecule has 4 rings (SSSR count). The first-order valence-electron chi connectivity index (χ1n) is 9.98. The van der Waals surface area contributed by atoms with E-state index in [1.165, 1.54) is 6.42 Å². The number of benzene rings is 1. The van der Waals surface area contributed by atoms with Crippen molar-refractivity contribution in [2.75, 3.05) is 26.2 Å². The molecule has 2 fully saturated rings. The summed E-state index contributed by atoms with van der Waals surface area (Å²) in [5.41, 5.74) is 7.35. The normalized spacial score (nSPS) is 20.7. The van der Waals surface area contributed by atoms with Crippen LogP contribution in [0.4, 0.5) is 0 Å². The van der Waals surface area contributed by atoms with E-state index >= 15 is 0 Å². The van der Waals surface area contributed by atoms with Crippen LogP contribution in [0.5, 0.6) is 0 Å². The van der Waals surface area contributed by atoms with Gasteiger partial charge in [0.15, 0.2) is 0 Å². The maximum atomic E-state index is 12.8. The van der Waals surface area contributed by atoms with Crippen LogP contribution >= 0.6 is 0 Å². The Labute approximate surface area is 159 Å². The second-order valence-corrected chi connectivity index (χ2v) is 7.86. The molecule has 2 aromatic rings. The Hall–Kier alpha value is -2.34. The summed E-state index contributed by atoms with van der Waals surface area (Å²) < 4.78 is 0. The van der Waals surface area contributed by atoms with Crippen molar-refractivity contribution in [1.29, 1.82) is 0 Å². The number of fused-ring (bicyclic) bond motifs is 1. The van der Waals surface area contributed by atoms with Crippen molar-refractivity contribution in [1.82, 2.24) is 14.8 Å². The number of carbonyl (C=O) groups is 2. The lowest BCUT2D eigenvalue weighted by Gasteiger charge is -2.48. The molecule has 1 aromatic heterocycles. The first-order valence-corrected chi connectivity index (χ1v) is 9.98. The van der Waals surface area contributed by atoms with Crippen molar-refractivity contribution in [2.24, 2.45) is 5.73 Å². The molecule has 2 aliphatic heterocycles. The molecule has 0 saturated carbocycles. The number of aromatic amines is 1. The van der Waals surface area contributed by atoms with E-state index in [0.717, 1.165) is 42.4 Å². The van der Waals surface area contributed by atoms with Crippen LogP contribution in [0.3, 0.4) is 0 Å². The molecular weight excluding hydrogens is 340 g/mol. The molecule has 2 amide bonds. The Morgan fingerprint density at radius 1 is 1.04 bits per heavy atom. The Morgan fingerprint density at radius 2 is 1.74 bits per heavy atom. The van der Waals surface area contributed by atoms with Gasteiger partial charge in [-0.05, 0) is 50.4 Å². The number of carbonyl (C=O) groups excluding carboxylic acids is 2. The van der Waals surface area contributed by atoms with Crippen molar-refractivity contribution in [2.45, 2.75) is 44.1 Å². The highest BCUT2D eigenvalue weighted by Crippen LogP contribution is 2.32. The first-order chi connectivity index (χ1) is 13.1. The number of aromatic nitrogens is 1. The van der Waals surface area contributed by atoms with E-state index in [9.17, 15) is 9.59 Å². The van der Waals surface area contributed by atoms with Crippen LogP contribution < -0.4 is 5.73 Å². The zero-order valence-corrected chi connectivity index (χ0v) is 15.7. The molecule has 2 aliphatic rings. The summed E-state index contributed by atoms with van der Waals surface area (Å²) in [6.07, 6.45) is 7.06. The second kappa shape index (κ2) is 7.35. The van der Waals surface area contributed by atoms with Crippen LogP contribution in [-0.2, 0) is 16.0 Å². The average Bonchev–Trinajstić information content (AvgIpc) is 3.11. The number of likely N-dealkylation sites (tertiary alicyclic amines) is 2. The van der Waals surface area contributed by atoms with E-state index in [4.69, 9.17) is 5.73 Å². The largest absolute Gasteiger partial charge is 0.368 e. The molecule has 1 aromatic carbocycles. The van der Waals surface area contributed by atoms with Gasteiger partial charge in [-0.25, -0.2) is 0 Å². The lowest BCUT2D eigenvalue weighted by atomic mass is 9.83. The predicted molar refractivity (Wildman–Crippen MR) is 105 cm³/mol. The number of para-hydroxylation sites is 1.